The van der Waals surface area contributed by atoms with Gasteiger partial charge >= 0.3 is 0 Å². The van der Waals surface area contributed by atoms with Crippen molar-refractivity contribution in [2.24, 2.45) is 0 Å². The molecule has 2 aromatic carbocycles. The van der Waals surface area contributed by atoms with Crippen molar-refractivity contribution in [1.29, 1.82) is 0 Å². The normalized spacial score (nSPS) is 11.0. The fraction of sp³-hybridized carbons (Fsp3) is 0.278. The van der Waals surface area contributed by atoms with Crippen LogP contribution in [-0.4, -0.2) is 20.9 Å². The summed E-state index contributed by atoms with van der Waals surface area (Å²) in [5.41, 5.74) is 4.48. The van der Waals surface area contributed by atoms with E-state index in [0.29, 0.717) is 5.02 Å². The number of hydrogen-bond acceptors (Lipinski definition) is 3. The predicted molar refractivity (Wildman–Crippen MR) is 96.4 cm³/mol. The maximum absolute atomic E-state index is 12.5. The average molecular weight is 343 g/mol. The van der Waals surface area contributed by atoms with Crippen molar-refractivity contribution in [3.8, 4) is 0 Å². The van der Waals surface area contributed by atoms with E-state index in [9.17, 15) is 4.79 Å². The summed E-state index contributed by atoms with van der Waals surface area (Å²) in [4.78, 5) is 12.5. The Labute approximate surface area is 145 Å². The molecule has 0 saturated heterocycles. The van der Waals surface area contributed by atoms with Crippen LogP contribution in [0.15, 0.2) is 36.4 Å². The van der Waals surface area contributed by atoms with E-state index in [1.807, 2.05) is 43.3 Å². The van der Waals surface area contributed by atoms with Gasteiger partial charge in [-0.2, -0.15) is 0 Å². The van der Waals surface area contributed by atoms with Crippen LogP contribution in [0.4, 0.5) is 5.69 Å². The molecule has 1 amide bonds. The molecule has 3 rings (SSSR count). The number of amides is 1. The van der Waals surface area contributed by atoms with Crippen LogP contribution in [0.1, 0.15) is 25.0 Å². The first-order valence-corrected chi connectivity index (χ1v) is 8.40. The first-order chi connectivity index (χ1) is 11.6. The molecule has 0 saturated carbocycles. The largest absolute Gasteiger partial charge is 0.324 e. The average Bonchev–Trinajstić information content (AvgIpc) is 2.98. The van der Waals surface area contributed by atoms with Crippen LogP contribution in [0, 0.1) is 0 Å². The Balaban J connectivity index is 1.86. The number of para-hydroxylation sites is 1. The lowest BCUT2D eigenvalue weighted by atomic mass is 10.0. The Hall–Kier alpha value is -2.40. The third-order valence-electron chi connectivity index (χ3n) is 4.05. The van der Waals surface area contributed by atoms with Gasteiger partial charge in [0.2, 0.25) is 5.91 Å². The molecule has 0 spiro atoms. The van der Waals surface area contributed by atoms with E-state index in [0.717, 1.165) is 40.7 Å². The van der Waals surface area contributed by atoms with Gasteiger partial charge in [-0.15, -0.1) is 5.10 Å². The Morgan fingerprint density at radius 3 is 2.71 bits per heavy atom. The topological polar surface area (TPSA) is 59.8 Å². The van der Waals surface area contributed by atoms with Crippen molar-refractivity contribution >= 4 is 34.2 Å². The highest BCUT2D eigenvalue weighted by Gasteiger charge is 2.14. The van der Waals surface area contributed by atoms with Gasteiger partial charge in [0.25, 0.3) is 0 Å². The molecule has 0 fully saturated rings. The molecule has 0 aliphatic carbocycles. The van der Waals surface area contributed by atoms with Gasteiger partial charge in [0, 0.05) is 10.7 Å². The minimum absolute atomic E-state index is 0.110. The molecule has 1 aromatic heterocycles. The summed E-state index contributed by atoms with van der Waals surface area (Å²) in [6.45, 7) is 4.20. The highest BCUT2D eigenvalue weighted by molar-refractivity contribution is 6.32. The zero-order valence-electron chi connectivity index (χ0n) is 13.7. The summed E-state index contributed by atoms with van der Waals surface area (Å²) < 4.78 is 1.60. The number of nitrogens with one attached hydrogen (secondary N) is 1. The molecule has 0 atom stereocenters. The van der Waals surface area contributed by atoms with Crippen LogP contribution >= 0.6 is 11.6 Å². The van der Waals surface area contributed by atoms with Crippen LogP contribution in [0.25, 0.3) is 11.0 Å². The summed E-state index contributed by atoms with van der Waals surface area (Å²) in [6, 6.07) is 11.4. The van der Waals surface area contributed by atoms with Crippen LogP contribution in [-0.2, 0) is 24.2 Å². The van der Waals surface area contributed by atoms with E-state index in [1.165, 1.54) is 0 Å². The third kappa shape index (κ3) is 3.12. The molecule has 0 bridgehead atoms. The number of aromatic nitrogens is 3. The standard InChI is InChI=1S/C18H19ClN4O/c1-3-12-9-10-14(19)13(4-2)18(12)20-17(24)11-23-16-8-6-5-7-15(16)21-22-23/h5-10H,3-4,11H2,1-2H3,(H,20,24). The summed E-state index contributed by atoms with van der Waals surface area (Å²) in [7, 11) is 0. The number of carbonyl (C=O) groups excluding carboxylic acids is 1. The van der Waals surface area contributed by atoms with Crippen LogP contribution in [0.5, 0.6) is 0 Å². The van der Waals surface area contributed by atoms with Gasteiger partial charge in [-0.25, -0.2) is 4.68 Å². The number of fused-ring (bicyclic) bond motifs is 1. The lowest BCUT2D eigenvalue weighted by Crippen LogP contribution is -2.21. The van der Waals surface area contributed by atoms with E-state index in [4.69, 9.17) is 11.6 Å². The predicted octanol–water partition coefficient (Wildman–Crippen LogP) is 3.85. The zero-order chi connectivity index (χ0) is 17.1. The second kappa shape index (κ2) is 7.01. The Bertz CT molecular complexity index is 888. The van der Waals surface area contributed by atoms with Crippen molar-refractivity contribution in [2.45, 2.75) is 33.2 Å². The number of rotatable bonds is 5. The Morgan fingerprint density at radius 2 is 1.96 bits per heavy atom. The summed E-state index contributed by atoms with van der Waals surface area (Å²) in [5, 5.41) is 11.8. The van der Waals surface area contributed by atoms with E-state index in [-0.39, 0.29) is 12.5 Å². The smallest absolute Gasteiger partial charge is 0.246 e. The number of carbonyl (C=O) groups is 1. The molecular formula is C18H19ClN4O. The Morgan fingerprint density at radius 1 is 1.17 bits per heavy atom. The molecule has 1 heterocycles. The number of hydrogen-bond donors (Lipinski definition) is 1. The SMILES string of the molecule is CCc1ccc(Cl)c(CC)c1NC(=O)Cn1nnc2ccccc21. The minimum Gasteiger partial charge on any atom is -0.324 e. The van der Waals surface area contributed by atoms with Crippen molar-refractivity contribution in [3.05, 3.63) is 52.5 Å². The van der Waals surface area contributed by atoms with Gasteiger partial charge in [0.05, 0.1) is 5.52 Å². The van der Waals surface area contributed by atoms with Crippen LogP contribution in [0.2, 0.25) is 5.02 Å². The van der Waals surface area contributed by atoms with Crippen LogP contribution < -0.4 is 5.32 Å². The quantitative estimate of drug-likeness (QED) is 0.766. The minimum atomic E-state index is -0.141. The maximum atomic E-state index is 12.5. The van der Waals surface area contributed by atoms with Gasteiger partial charge in [-0.1, -0.05) is 48.9 Å². The highest BCUT2D eigenvalue weighted by atomic mass is 35.5. The summed E-state index contributed by atoms with van der Waals surface area (Å²) in [6.07, 6.45) is 1.58. The van der Waals surface area contributed by atoms with Gasteiger partial charge in [-0.05, 0) is 42.2 Å². The summed E-state index contributed by atoms with van der Waals surface area (Å²) in [5.74, 6) is -0.141. The molecule has 5 nitrogen and oxygen atoms in total. The lowest BCUT2D eigenvalue weighted by Gasteiger charge is -2.16. The Kier molecular flexibility index (Phi) is 4.81. The second-order valence-corrected chi connectivity index (χ2v) is 5.96. The molecule has 0 radical (unpaired) electrons. The zero-order valence-corrected chi connectivity index (χ0v) is 14.5. The van der Waals surface area contributed by atoms with E-state index < -0.39 is 0 Å². The van der Waals surface area contributed by atoms with Crippen molar-refractivity contribution in [3.63, 3.8) is 0 Å². The molecule has 124 valence electrons. The van der Waals surface area contributed by atoms with Gasteiger partial charge in [0.1, 0.15) is 12.1 Å². The molecule has 0 aliphatic heterocycles. The molecule has 1 N–H and O–H groups in total. The molecular weight excluding hydrogens is 324 g/mol. The van der Waals surface area contributed by atoms with Crippen molar-refractivity contribution in [1.82, 2.24) is 15.0 Å². The van der Waals surface area contributed by atoms with Crippen molar-refractivity contribution < 1.29 is 4.79 Å². The number of nitrogens with zero attached hydrogens (tertiary/aromatic N) is 3. The lowest BCUT2D eigenvalue weighted by molar-refractivity contribution is -0.116. The molecule has 0 unspecified atom stereocenters. The number of benzene rings is 2. The van der Waals surface area contributed by atoms with Gasteiger partial charge < -0.3 is 5.32 Å². The highest BCUT2D eigenvalue weighted by Crippen LogP contribution is 2.29. The van der Waals surface area contributed by atoms with E-state index in [1.54, 1.807) is 4.68 Å². The van der Waals surface area contributed by atoms with Gasteiger partial charge in [0.15, 0.2) is 0 Å². The number of aryl methyl sites for hydroxylation is 1. The van der Waals surface area contributed by atoms with Crippen LogP contribution in [0.3, 0.4) is 0 Å². The number of anilines is 1. The monoisotopic (exact) mass is 342 g/mol. The molecule has 6 heteroatoms. The first-order valence-electron chi connectivity index (χ1n) is 8.02. The van der Waals surface area contributed by atoms with E-state index >= 15 is 0 Å². The van der Waals surface area contributed by atoms with E-state index in [2.05, 4.69) is 22.6 Å². The first kappa shape index (κ1) is 16.5. The fourth-order valence-corrected chi connectivity index (χ4v) is 3.11. The molecule has 3 aromatic rings. The van der Waals surface area contributed by atoms with Crippen molar-refractivity contribution in [2.75, 3.05) is 5.32 Å². The molecule has 24 heavy (non-hydrogen) atoms. The fourth-order valence-electron chi connectivity index (χ4n) is 2.82. The summed E-state index contributed by atoms with van der Waals surface area (Å²) >= 11 is 6.28. The maximum Gasteiger partial charge on any atom is 0.246 e. The van der Waals surface area contributed by atoms with Gasteiger partial charge in [-0.3, -0.25) is 4.79 Å². The number of halogens is 1. The molecule has 0 aliphatic rings. The third-order valence-corrected chi connectivity index (χ3v) is 4.41. The second-order valence-electron chi connectivity index (χ2n) is 5.55.